The number of esters is 1. The second kappa shape index (κ2) is 3.38. The Bertz CT molecular complexity index is 395. The Kier molecular flexibility index (Phi) is 2.46. The first-order valence-electron chi connectivity index (χ1n) is 3.69. The molecule has 0 spiro atoms. The van der Waals surface area contributed by atoms with Gasteiger partial charge in [0.05, 0.1) is 12.7 Å². The van der Waals surface area contributed by atoms with E-state index < -0.39 is 5.97 Å². The largest absolute Gasteiger partial charge is 0.465 e. The fourth-order valence-electron chi connectivity index (χ4n) is 0.934. The van der Waals surface area contributed by atoms with Gasteiger partial charge in [-0.05, 0) is 6.92 Å². The van der Waals surface area contributed by atoms with Crippen LogP contribution in [0.15, 0.2) is 11.0 Å². The third-order valence-electron chi connectivity index (χ3n) is 1.89. The van der Waals surface area contributed by atoms with Crippen LogP contribution in [0.3, 0.4) is 0 Å². The molecule has 0 atom stereocenters. The number of nitrogens with zero attached hydrogens (tertiary/aromatic N) is 2. The molecule has 70 valence electrons. The third-order valence-corrected chi connectivity index (χ3v) is 1.89. The number of methoxy groups -OCH3 is 1. The molecule has 1 aromatic rings. The molecule has 0 aliphatic rings. The van der Waals surface area contributed by atoms with Crippen molar-refractivity contribution >= 4 is 5.97 Å². The summed E-state index contributed by atoms with van der Waals surface area (Å²) in [5.74, 6) is -0.486. The minimum Gasteiger partial charge on any atom is -0.465 e. The summed E-state index contributed by atoms with van der Waals surface area (Å²) in [4.78, 5) is 25.6. The Morgan fingerprint density at radius 2 is 2.23 bits per heavy atom. The summed E-state index contributed by atoms with van der Waals surface area (Å²) >= 11 is 0. The molecule has 0 aromatic carbocycles. The molecule has 13 heavy (non-hydrogen) atoms. The Morgan fingerprint density at radius 3 is 2.77 bits per heavy atom. The maximum absolute atomic E-state index is 11.1. The molecule has 5 nitrogen and oxygen atoms in total. The minimum atomic E-state index is -0.486. The van der Waals surface area contributed by atoms with Gasteiger partial charge in [0.1, 0.15) is 0 Å². The van der Waals surface area contributed by atoms with Gasteiger partial charge in [-0.3, -0.25) is 4.57 Å². The van der Waals surface area contributed by atoms with Gasteiger partial charge in [-0.2, -0.15) is 0 Å². The molecular formula is C8H10N2O3. The van der Waals surface area contributed by atoms with Gasteiger partial charge in [0.2, 0.25) is 0 Å². The highest BCUT2D eigenvalue weighted by Crippen LogP contribution is 2.03. The van der Waals surface area contributed by atoms with Crippen molar-refractivity contribution < 1.29 is 9.53 Å². The molecular weight excluding hydrogens is 172 g/mol. The zero-order chi connectivity index (χ0) is 10.0. The Balaban J connectivity index is 3.34. The molecule has 1 aromatic heterocycles. The van der Waals surface area contributed by atoms with Crippen molar-refractivity contribution in [2.75, 3.05) is 7.11 Å². The second-order valence-corrected chi connectivity index (χ2v) is 2.59. The SMILES string of the molecule is COC(=O)c1cnc(=O)n(C)c1C. The molecule has 5 heteroatoms. The van der Waals surface area contributed by atoms with E-state index in [0.717, 1.165) is 0 Å². The highest BCUT2D eigenvalue weighted by Gasteiger charge is 2.11. The van der Waals surface area contributed by atoms with Crippen LogP contribution in [0.25, 0.3) is 0 Å². The average Bonchev–Trinajstić information content (AvgIpc) is 2.13. The van der Waals surface area contributed by atoms with Crippen LogP contribution >= 0.6 is 0 Å². The highest BCUT2D eigenvalue weighted by atomic mass is 16.5. The zero-order valence-electron chi connectivity index (χ0n) is 7.70. The van der Waals surface area contributed by atoms with Gasteiger partial charge in [-0.1, -0.05) is 0 Å². The maximum Gasteiger partial charge on any atom is 0.347 e. The summed E-state index contributed by atoms with van der Waals surface area (Å²) in [7, 11) is 2.84. The number of aromatic nitrogens is 2. The first-order valence-corrected chi connectivity index (χ1v) is 3.69. The molecule has 1 heterocycles. The number of carbonyl (C=O) groups is 1. The predicted molar refractivity (Wildman–Crippen MR) is 45.6 cm³/mol. The van der Waals surface area contributed by atoms with E-state index in [0.29, 0.717) is 11.3 Å². The van der Waals surface area contributed by atoms with Crippen molar-refractivity contribution in [3.05, 3.63) is 27.9 Å². The zero-order valence-corrected chi connectivity index (χ0v) is 7.70. The number of carbonyl (C=O) groups excluding carboxylic acids is 1. The second-order valence-electron chi connectivity index (χ2n) is 2.59. The van der Waals surface area contributed by atoms with Gasteiger partial charge >= 0.3 is 11.7 Å². The number of hydrogen-bond acceptors (Lipinski definition) is 4. The molecule has 0 amide bonds. The lowest BCUT2D eigenvalue weighted by Gasteiger charge is -2.06. The van der Waals surface area contributed by atoms with Crippen LogP contribution in [0.5, 0.6) is 0 Å². The lowest BCUT2D eigenvalue weighted by atomic mass is 10.2. The van der Waals surface area contributed by atoms with Crippen LogP contribution in [0, 0.1) is 6.92 Å². The van der Waals surface area contributed by atoms with Crippen molar-refractivity contribution in [3.8, 4) is 0 Å². The first-order chi connectivity index (χ1) is 6.07. The topological polar surface area (TPSA) is 61.2 Å². The lowest BCUT2D eigenvalue weighted by Crippen LogP contribution is -2.24. The van der Waals surface area contributed by atoms with Crippen molar-refractivity contribution in [3.63, 3.8) is 0 Å². The van der Waals surface area contributed by atoms with Gasteiger partial charge in [0.15, 0.2) is 0 Å². The van der Waals surface area contributed by atoms with Crippen molar-refractivity contribution in [2.45, 2.75) is 6.92 Å². The molecule has 0 unspecified atom stereocenters. The normalized spacial score (nSPS) is 9.77. The van der Waals surface area contributed by atoms with Gasteiger partial charge in [-0.15, -0.1) is 0 Å². The van der Waals surface area contributed by atoms with Crippen LogP contribution in [-0.2, 0) is 11.8 Å². The Hall–Kier alpha value is -1.65. The van der Waals surface area contributed by atoms with E-state index in [4.69, 9.17) is 0 Å². The Morgan fingerprint density at radius 1 is 1.62 bits per heavy atom. The summed E-state index contributed by atoms with van der Waals surface area (Å²) in [6, 6.07) is 0. The van der Waals surface area contributed by atoms with Gasteiger partial charge in [-0.25, -0.2) is 14.6 Å². The summed E-state index contributed by atoms with van der Waals surface area (Å²) in [6.07, 6.45) is 1.23. The third kappa shape index (κ3) is 1.58. The van der Waals surface area contributed by atoms with E-state index in [1.807, 2.05) is 0 Å². The van der Waals surface area contributed by atoms with E-state index in [1.54, 1.807) is 14.0 Å². The van der Waals surface area contributed by atoms with E-state index in [9.17, 15) is 9.59 Å². The van der Waals surface area contributed by atoms with E-state index in [2.05, 4.69) is 9.72 Å². The van der Waals surface area contributed by atoms with Crippen LogP contribution in [0.2, 0.25) is 0 Å². The monoisotopic (exact) mass is 182 g/mol. The summed E-state index contributed by atoms with van der Waals surface area (Å²) in [5.41, 5.74) is 0.474. The fourth-order valence-corrected chi connectivity index (χ4v) is 0.934. The quantitative estimate of drug-likeness (QED) is 0.568. The molecule has 0 fully saturated rings. The number of rotatable bonds is 1. The maximum atomic E-state index is 11.1. The van der Waals surface area contributed by atoms with E-state index in [1.165, 1.54) is 17.9 Å². The Labute approximate surface area is 75.0 Å². The van der Waals surface area contributed by atoms with E-state index in [-0.39, 0.29) is 5.69 Å². The standard InChI is InChI=1S/C8H10N2O3/c1-5-6(7(11)13-3)4-9-8(12)10(5)2/h4H,1-3H3. The fraction of sp³-hybridized carbons (Fsp3) is 0.375. The molecule has 0 N–H and O–H groups in total. The van der Waals surface area contributed by atoms with Crippen molar-refractivity contribution in [1.29, 1.82) is 0 Å². The van der Waals surface area contributed by atoms with Crippen molar-refractivity contribution in [1.82, 2.24) is 9.55 Å². The van der Waals surface area contributed by atoms with Gasteiger partial charge < -0.3 is 4.74 Å². The molecule has 0 saturated heterocycles. The molecule has 0 aliphatic heterocycles. The molecule has 0 saturated carbocycles. The molecule has 0 aliphatic carbocycles. The average molecular weight is 182 g/mol. The van der Waals surface area contributed by atoms with Crippen LogP contribution in [0.1, 0.15) is 16.1 Å². The predicted octanol–water partition coefficient (Wildman–Crippen LogP) is -0.125. The smallest absolute Gasteiger partial charge is 0.347 e. The summed E-state index contributed by atoms with van der Waals surface area (Å²) in [6.45, 7) is 1.66. The summed E-state index contributed by atoms with van der Waals surface area (Å²) < 4.78 is 5.82. The van der Waals surface area contributed by atoms with Crippen LogP contribution in [-0.4, -0.2) is 22.6 Å². The van der Waals surface area contributed by atoms with Crippen LogP contribution in [0.4, 0.5) is 0 Å². The summed E-state index contributed by atoms with van der Waals surface area (Å²) in [5, 5.41) is 0. The van der Waals surface area contributed by atoms with Crippen molar-refractivity contribution in [2.24, 2.45) is 7.05 Å². The van der Waals surface area contributed by atoms with Gasteiger partial charge in [0, 0.05) is 18.9 Å². The number of ether oxygens (including phenoxy) is 1. The van der Waals surface area contributed by atoms with Crippen LogP contribution < -0.4 is 5.69 Å². The highest BCUT2D eigenvalue weighted by molar-refractivity contribution is 5.89. The molecule has 1 rings (SSSR count). The first kappa shape index (κ1) is 9.44. The minimum absolute atomic E-state index is 0.310. The molecule has 0 radical (unpaired) electrons. The lowest BCUT2D eigenvalue weighted by molar-refractivity contribution is 0.0598. The number of hydrogen-bond donors (Lipinski definition) is 0. The molecule has 0 bridgehead atoms. The van der Waals surface area contributed by atoms with E-state index >= 15 is 0 Å². The van der Waals surface area contributed by atoms with Gasteiger partial charge in [0.25, 0.3) is 0 Å².